The molecule has 0 atom stereocenters. The van der Waals surface area contributed by atoms with Gasteiger partial charge < -0.3 is 10.1 Å². The summed E-state index contributed by atoms with van der Waals surface area (Å²) < 4.78 is 28.0. The third kappa shape index (κ3) is 3.00. The number of amides is 1. The van der Waals surface area contributed by atoms with Gasteiger partial charge >= 0.3 is 6.61 Å². The van der Waals surface area contributed by atoms with E-state index < -0.39 is 12.5 Å². The van der Waals surface area contributed by atoms with Gasteiger partial charge in [0.2, 0.25) is 0 Å². The molecule has 0 unspecified atom stereocenters. The maximum atomic E-state index is 11.9. The van der Waals surface area contributed by atoms with E-state index in [4.69, 9.17) is 0 Å². The second-order valence-electron chi connectivity index (χ2n) is 3.21. The van der Waals surface area contributed by atoms with Gasteiger partial charge in [0, 0.05) is 5.69 Å². The van der Waals surface area contributed by atoms with Crippen molar-refractivity contribution in [1.82, 2.24) is 15.4 Å². The highest BCUT2D eigenvalue weighted by Gasteiger charge is 2.09. The minimum absolute atomic E-state index is 0.0180. The standard InChI is InChI=1S/C10H8F2N4O2/c11-10(12)18-7-3-1-6(2-4-7)14-9(17)8-5-13-16-15-8/h1-5,10H,(H,14,17)(H,13,15,16). The van der Waals surface area contributed by atoms with Gasteiger partial charge in [-0.05, 0) is 24.3 Å². The van der Waals surface area contributed by atoms with Gasteiger partial charge in [0.05, 0.1) is 6.20 Å². The summed E-state index contributed by atoms with van der Waals surface area (Å²) in [5.74, 6) is -0.435. The Morgan fingerprint density at radius 3 is 2.61 bits per heavy atom. The summed E-state index contributed by atoms with van der Waals surface area (Å²) in [6.45, 7) is -2.87. The molecule has 0 fully saturated rings. The molecule has 1 aromatic heterocycles. The van der Waals surface area contributed by atoms with Gasteiger partial charge in [-0.15, -0.1) is 0 Å². The zero-order valence-corrected chi connectivity index (χ0v) is 8.93. The number of halogens is 2. The average Bonchev–Trinajstić information content (AvgIpc) is 2.84. The highest BCUT2D eigenvalue weighted by Crippen LogP contribution is 2.17. The van der Waals surface area contributed by atoms with Crippen LogP contribution in [0, 0.1) is 0 Å². The van der Waals surface area contributed by atoms with Crippen LogP contribution in [0.2, 0.25) is 0 Å². The largest absolute Gasteiger partial charge is 0.435 e. The van der Waals surface area contributed by atoms with Gasteiger partial charge in [0.1, 0.15) is 5.75 Å². The molecule has 0 saturated carbocycles. The maximum Gasteiger partial charge on any atom is 0.387 e. The minimum atomic E-state index is -2.87. The number of ether oxygens (including phenoxy) is 1. The minimum Gasteiger partial charge on any atom is -0.435 e. The van der Waals surface area contributed by atoms with E-state index in [1.807, 2.05) is 0 Å². The molecule has 2 rings (SSSR count). The van der Waals surface area contributed by atoms with Crippen LogP contribution in [0.25, 0.3) is 0 Å². The van der Waals surface area contributed by atoms with Crippen molar-refractivity contribution in [3.05, 3.63) is 36.2 Å². The van der Waals surface area contributed by atoms with Crippen molar-refractivity contribution >= 4 is 11.6 Å². The van der Waals surface area contributed by atoms with Crippen LogP contribution in [0.5, 0.6) is 5.75 Å². The first-order valence-electron chi connectivity index (χ1n) is 4.87. The third-order valence-electron chi connectivity index (χ3n) is 1.99. The Morgan fingerprint density at radius 1 is 1.33 bits per heavy atom. The number of nitrogens with zero attached hydrogens (tertiary/aromatic N) is 2. The van der Waals surface area contributed by atoms with Gasteiger partial charge in [0.15, 0.2) is 5.69 Å². The summed E-state index contributed by atoms with van der Waals surface area (Å²) in [7, 11) is 0. The van der Waals surface area contributed by atoms with Crippen LogP contribution >= 0.6 is 0 Å². The van der Waals surface area contributed by atoms with Gasteiger partial charge in [-0.3, -0.25) is 4.79 Å². The lowest BCUT2D eigenvalue weighted by molar-refractivity contribution is -0.0498. The topological polar surface area (TPSA) is 79.9 Å². The Kier molecular flexibility index (Phi) is 3.46. The molecule has 0 aliphatic heterocycles. The Balaban J connectivity index is 2.00. The number of alkyl halides is 2. The van der Waals surface area contributed by atoms with Crippen molar-refractivity contribution in [2.45, 2.75) is 6.61 Å². The summed E-state index contributed by atoms with van der Waals surface area (Å²) in [5, 5.41) is 11.9. The second kappa shape index (κ2) is 5.21. The molecule has 0 aliphatic rings. The van der Waals surface area contributed by atoms with Crippen LogP contribution in [0.4, 0.5) is 14.5 Å². The fourth-order valence-electron chi connectivity index (χ4n) is 1.23. The Hall–Kier alpha value is -2.51. The molecule has 0 radical (unpaired) electrons. The van der Waals surface area contributed by atoms with Crippen LogP contribution in [-0.4, -0.2) is 27.9 Å². The summed E-state index contributed by atoms with van der Waals surface area (Å²) in [6, 6.07) is 5.53. The van der Waals surface area contributed by atoms with Crippen molar-refractivity contribution < 1.29 is 18.3 Å². The zero-order valence-electron chi connectivity index (χ0n) is 8.93. The van der Waals surface area contributed by atoms with Crippen LogP contribution in [0.1, 0.15) is 10.5 Å². The number of hydrogen-bond acceptors (Lipinski definition) is 4. The molecule has 0 aliphatic carbocycles. The summed E-state index contributed by atoms with van der Waals surface area (Å²) in [5.41, 5.74) is 0.563. The first-order valence-corrected chi connectivity index (χ1v) is 4.87. The van der Waals surface area contributed by atoms with E-state index in [1.54, 1.807) is 0 Å². The first-order chi connectivity index (χ1) is 8.65. The number of hydrogen-bond donors (Lipinski definition) is 2. The second-order valence-corrected chi connectivity index (χ2v) is 3.21. The van der Waals surface area contributed by atoms with Crippen molar-refractivity contribution in [1.29, 1.82) is 0 Å². The van der Waals surface area contributed by atoms with E-state index in [2.05, 4.69) is 25.5 Å². The number of aromatic nitrogens is 3. The number of rotatable bonds is 4. The molecule has 0 spiro atoms. The molecule has 0 saturated heterocycles. The smallest absolute Gasteiger partial charge is 0.387 e. The molecule has 8 heteroatoms. The molecule has 1 amide bonds. The number of benzene rings is 1. The molecule has 1 aromatic carbocycles. The van der Waals surface area contributed by atoms with Crippen molar-refractivity contribution in [2.75, 3.05) is 5.32 Å². The lowest BCUT2D eigenvalue weighted by atomic mass is 10.3. The van der Waals surface area contributed by atoms with E-state index in [1.165, 1.54) is 30.5 Å². The van der Waals surface area contributed by atoms with Crippen molar-refractivity contribution in [2.24, 2.45) is 0 Å². The average molecular weight is 254 g/mol. The number of carbonyl (C=O) groups is 1. The van der Waals surface area contributed by atoms with E-state index in [0.717, 1.165) is 0 Å². The van der Waals surface area contributed by atoms with E-state index >= 15 is 0 Å². The predicted octanol–water partition coefficient (Wildman–Crippen LogP) is 1.66. The fraction of sp³-hybridized carbons (Fsp3) is 0.100. The van der Waals surface area contributed by atoms with Crippen molar-refractivity contribution in [3.8, 4) is 5.75 Å². The lowest BCUT2D eigenvalue weighted by Crippen LogP contribution is -2.12. The van der Waals surface area contributed by atoms with Gasteiger partial charge in [-0.2, -0.15) is 24.2 Å². The first kappa shape index (κ1) is 12.0. The molecule has 6 nitrogen and oxygen atoms in total. The van der Waals surface area contributed by atoms with Gasteiger partial charge in [0.25, 0.3) is 5.91 Å². The molecular formula is C10H8F2N4O2. The van der Waals surface area contributed by atoms with Gasteiger partial charge in [-0.25, -0.2) is 0 Å². The Labute approximate surface area is 100.0 Å². The van der Waals surface area contributed by atoms with E-state index in [0.29, 0.717) is 5.69 Å². The predicted molar refractivity (Wildman–Crippen MR) is 57.4 cm³/mol. The molecule has 94 valence electrons. The quantitative estimate of drug-likeness (QED) is 0.869. The van der Waals surface area contributed by atoms with Gasteiger partial charge in [-0.1, -0.05) is 0 Å². The highest BCUT2D eigenvalue weighted by molar-refractivity contribution is 6.02. The van der Waals surface area contributed by atoms with E-state index in [9.17, 15) is 13.6 Å². The third-order valence-corrected chi connectivity index (χ3v) is 1.99. The molecule has 2 N–H and O–H groups in total. The highest BCUT2D eigenvalue weighted by atomic mass is 19.3. The molecular weight excluding hydrogens is 246 g/mol. The van der Waals surface area contributed by atoms with Crippen LogP contribution in [0.3, 0.4) is 0 Å². The summed E-state index contributed by atoms with van der Waals surface area (Å²) in [4.78, 5) is 11.6. The van der Waals surface area contributed by atoms with Crippen LogP contribution in [0.15, 0.2) is 30.5 Å². The van der Waals surface area contributed by atoms with Crippen molar-refractivity contribution in [3.63, 3.8) is 0 Å². The molecule has 2 aromatic rings. The summed E-state index contributed by atoms with van der Waals surface area (Å²) >= 11 is 0. The molecule has 0 bridgehead atoms. The molecule has 1 heterocycles. The summed E-state index contributed by atoms with van der Waals surface area (Å²) in [6.07, 6.45) is 1.27. The number of nitrogens with one attached hydrogen (secondary N) is 2. The van der Waals surface area contributed by atoms with E-state index in [-0.39, 0.29) is 11.4 Å². The monoisotopic (exact) mass is 254 g/mol. The number of carbonyl (C=O) groups excluding carboxylic acids is 1. The van der Waals surface area contributed by atoms with Crippen LogP contribution < -0.4 is 10.1 Å². The normalized spacial score (nSPS) is 10.4. The molecule has 18 heavy (non-hydrogen) atoms. The lowest BCUT2D eigenvalue weighted by Gasteiger charge is -2.06. The fourth-order valence-corrected chi connectivity index (χ4v) is 1.23. The number of aromatic amines is 1. The zero-order chi connectivity index (χ0) is 13.0. The van der Waals surface area contributed by atoms with Crippen LogP contribution in [-0.2, 0) is 0 Å². The Morgan fingerprint density at radius 2 is 2.06 bits per heavy atom. The number of H-pyrrole nitrogens is 1. The maximum absolute atomic E-state index is 11.9. The Bertz CT molecular complexity index is 513. The number of anilines is 1. The SMILES string of the molecule is O=C(Nc1ccc(OC(F)F)cc1)c1cn[nH]n1.